The summed E-state index contributed by atoms with van der Waals surface area (Å²) >= 11 is 0. The van der Waals surface area contributed by atoms with Gasteiger partial charge in [-0.3, -0.25) is 4.79 Å². The monoisotopic (exact) mass is 277 g/mol. The van der Waals surface area contributed by atoms with Gasteiger partial charge in [0.05, 0.1) is 0 Å². The molecule has 0 radical (unpaired) electrons. The van der Waals surface area contributed by atoms with Gasteiger partial charge < -0.3 is 16.0 Å². The van der Waals surface area contributed by atoms with Gasteiger partial charge in [0.25, 0.3) is 0 Å². The molecule has 1 aromatic rings. The highest BCUT2D eigenvalue weighted by molar-refractivity contribution is 5.72. The van der Waals surface area contributed by atoms with Crippen LogP contribution in [0.5, 0.6) is 0 Å². The van der Waals surface area contributed by atoms with Gasteiger partial charge in [-0.05, 0) is 25.2 Å². The minimum atomic E-state index is 0.0456. The van der Waals surface area contributed by atoms with Gasteiger partial charge in [-0.1, -0.05) is 6.92 Å². The van der Waals surface area contributed by atoms with E-state index in [1.54, 1.807) is 6.92 Å². The van der Waals surface area contributed by atoms with E-state index in [-0.39, 0.29) is 5.91 Å². The number of piperidine rings is 1. The fourth-order valence-electron chi connectivity index (χ4n) is 2.66. The molecule has 2 rings (SSSR count). The topological polar surface area (TPSA) is 84.1 Å². The van der Waals surface area contributed by atoms with E-state index in [4.69, 9.17) is 5.73 Å². The van der Waals surface area contributed by atoms with E-state index >= 15 is 0 Å². The van der Waals surface area contributed by atoms with E-state index in [0.29, 0.717) is 11.7 Å². The maximum Gasteiger partial charge on any atom is 0.216 e. The van der Waals surface area contributed by atoms with Gasteiger partial charge >= 0.3 is 0 Å². The second kappa shape index (κ2) is 6.54. The van der Waals surface area contributed by atoms with Crippen LogP contribution in [0.15, 0.2) is 6.33 Å². The third-order valence-corrected chi connectivity index (χ3v) is 3.86. The summed E-state index contributed by atoms with van der Waals surface area (Å²) in [7, 11) is 0. The van der Waals surface area contributed by atoms with Crippen molar-refractivity contribution in [1.29, 1.82) is 0 Å². The lowest BCUT2D eigenvalue weighted by atomic mass is 9.96. The molecule has 1 amide bonds. The third kappa shape index (κ3) is 3.37. The molecule has 0 spiro atoms. The predicted octanol–water partition coefficient (Wildman–Crippen LogP) is 0.974. The molecule has 0 aromatic carbocycles. The van der Waals surface area contributed by atoms with Crippen molar-refractivity contribution >= 4 is 17.5 Å². The molecular weight excluding hydrogens is 254 g/mol. The minimum absolute atomic E-state index is 0.0456. The molecule has 0 aliphatic carbocycles. The molecular formula is C14H23N5O. The average Bonchev–Trinajstić information content (AvgIpc) is 2.45. The van der Waals surface area contributed by atoms with Crippen molar-refractivity contribution in [3.8, 4) is 0 Å². The van der Waals surface area contributed by atoms with Gasteiger partial charge in [-0.25, -0.2) is 9.97 Å². The number of hydrogen-bond acceptors (Lipinski definition) is 5. The number of nitrogens with one attached hydrogen (secondary N) is 1. The Bertz CT molecular complexity index is 469. The number of anilines is 2. The Kier molecular flexibility index (Phi) is 4.76. The van der Waals surface area contributed by atoms with Crippen LogP contribution in [0.2, 0.25) is 0 Å². The van der Waals surface area contributed by atoms with Crippen LogP contribution >= 0.6 is 0 Å². The third-order valence-electron chi connectivity index (χ3n) is 3.86. The number of nitrogens with zero attached hydrogens (tertiary/aromatic N) is 3. The van der Waals surface area contributed by atoms with E-state index in [2.05, 4.69) is 27.1 Å². The zero-order valence-electron chi connectivity index (χ0n) is 12.2. The summed E-state index contributed by atoms with van der Waals surface area (Å²) in [5, 5.41) is 2.90. The summed E-state index contributed by atoms with van der Waals surface area (Å²) in [4.78, 5) is 21.7. The van der Waals surface area contributed by atoms with E-state index in [1.165, 1.54) is 6.33 Å². The highest BCUT2D eigenvalue weighted by Gasteiger charge is 2.22. The molecule has 1 aliphatic rings. The van der Waals surface area contributed by atoms with Crippen LogP contribution in [0.3, 0.4) is 0 Å². The number of carbonyl (C=O) groups excluding carboxylic acids is 1. The van der Waals surface area contributed by atoms with Crippen LogP contribution in [0.4, 0.5) is 11.6 Å². The number of carbonyl (C=O) groups is 1. The van der Waals surface area contributed by atoms with Crippen molar-refractivity contribution < 1.29 is 4.79 Å². The van der Waals surface area contributed by atoms with E-state index in [9.17, 15) is 4.79 Å². The number of hydrogen-bond donors (Lipinski definition) is 2. The van der Waals surface area contributed by atoms with Gasteiger partial charge in [0.15, 0.2) is 0 Å². The molecule has 1 saturated heterocycles. The van der Waals surface area contributed by atoms with E-state index in [1.807, 2.05) is 0 Å². The quantitative estimate of drug-likeness (QED) is 0.857. The van der Waals surface area contributed by atoms with Crippen LogP contribution < -0.4 is 16.0 Å². The molecule has 0 atom stereocenters. The number of nitrogens with two attached hydrogens (primary N) is 1. The Labute approximate surface area is 119 Å². The fourth-order valence-corrected chi connectivity index (χ4v) is 2.66. The Morgan fingerprint density at radius 2 is 2.15 bits per heavy atom. The number of rotatable bonds is 4. The summed E-state index contributed by atoms with van der Waals surface area (Å²) in [5.41, 5.74) is 6.96. The first kappa shape index (κ1) is 14.6. The van der Waals surface area contributed by atoms with Crippen molar-refractivity contribution in [3.63, 3.8) is 0 Å². The smallest absolute Gasteiger partial charge is 0.216 e. The summed E-state index contributed by atoms with van der Waals surface area (Å²) in [6.07, 6.45) is 4.50. The Morgan fingerprint density at radius 3 is 2.75 bits per heavy atom. The number of aromatic nitrogens is 2. The standard InChI is InChI=1S/C14H23N5O/c1-3-12-13(15)17-9-18-14(12)19-6-4-11(5-7-19)8-16-10(2)20/h9,11H,3-8H2,1-2H3,(H,16,20)(H2,15,17,18). The predicted molar refractivity (Wildman–Crippen MR) is 79.4 cm³/mol. The van der Waals surface area contributed by atoms with Gasteiger partial charge in [0.2, 0.25) is 5.91 Å². The largest absolute Gasteiger partial charge is 0.383 e. The van der Waals surface area contributed by atoms with Crippen LogP contribution in [0, 0.1) is 5.92 Å². The molecule has 6 heteroatoms. The van der Waals surface area contributed by atoms with E-state index < -0.39 is 0 Å². The average molecular weight is 277 g/mol. The fraction of sp³-hybridized carbons (Fsp3) is 0.643. The van der Waals surface area contributed by atoms with Crippen molar-refractivity contribution in [2.45, 2.75) is 33.1 Å². The molecule has 0 unspecified atom stereocenters. The summed E-state index contributed by atoms with van der Waals surface area (Å²) in [6, 6.07) is 0. The van der Waals surface area contributed by atoms with Gasteiger partial charge in [0.1, 0.15) is 18.0 Å². The molecule has 110 valence electrons. The highest BCUT2D eigenvalue weighted by Crippen LogP contribution is 2.26. The summed E-state index contributed by atoms with van der Waals surface area (Å²) in [6.45, 7) is 6.31. The molecule has 1 aliphatic heterocycles. The minimum Gasteiger partial charge on any atom is -0.383 e. The maximum absolute atomic E-state index is 10.9. The molecule has 3 N–H and O–H groups in total. The Morgan fingerprint density at radius 1 is 1.45 bits per heavy atom. The maximum atomic E-state index is 10.9. The normalized spacial score (nSPS) is 16.2. The zero-order valence-corrected chi connectivity index (χ0v) is 12.2. The molecule has 1 fully saturated rings. The Balaban J connectivity index is 1.97. The summed E-state index contributed by atoms with van der Waals surface area (Å²) in [5.74, 6) is 2.15. The number of nitrogen functional groups attached to an aromatic ring is 1. The molecule has 2 heterocycles. The van der Waals surface area contributed by atoms with E-state index in [0.717, 1.165) is 50.3 Å². The first-order valence-electron chi connectivity index (χ1n) is 7.20. The van der Waals surface area contributed by atoms with Crippen molar-refractivity contribution in [3.05, 3.63) is 11.9 Å². The Hall–Kier alpha value is -1.85. The van der Waals surface area contributed by atoms with Crippen molar-refractivity contribution in [1.82, 2.24) is 15.3 Å². The van der Waals surface area contributed by atoms with Crippen LogP contribution in [0.25, 0.3) is 0 Å². The van der Waals surface area contributed by atoms with Crippen LogP contribution in [-0.4, -0.2) is 35.5 Å². The van der Waals surface area contributed by atoms with Crippen molar-refractivity contribution in [2.75, 3.05) is 30.3 Å². The van der Waals surface area contributed by atoms with Gasteiger partial charge in [-0.15, -0.1) is 0 Å². The SMILES string of the molecule is CCc1c(N)ncnc1N1CCC(CNC(C)=O)CC1. The van der Waals surface area contributed by atoms with Crippen LogP contribution in [0.1, 0.15) is 32.3 Å². The lowest BCUT2D eigenvalue weighted by Crippen LogP contribution is -2.39. The highest BCUT2D eigenvalue weighted by atomic mass is 16.1. The first-order chi connectivity index (χ1) is 9.61. The lowest BCUT2D eigenvalue weighted by molar-refractivity contribution is -0.119. The molecule has 0 bridgehead atoms. The molecule has 6 nitrogen and oxygen atoms in total. The summed E-state index contributed by atoms with van der Waals surface area (Å²) < 4.78 is 0. The molecule has 0 saturated carbocycles. The number of amides is 1. The second-order valence-corrected chi connectivity index (χ2v) is 5.28. The van der Waals surface area contributed by atoms with Gasteiger partial charge in [0, 0.05) is 32.1 Å². The molecule has 20 heavy (non-hydrogen) atoms. The molecule has 1 aromatic heterocycles. The van der Waals surface area contributed by atoms with Crippen molar-refractivity contribution in [2.24, 2.45) is 5.92 Å². The first-order valence-corrected chi connectivity index (χ1v) is 7.20. The zero-order chi connectivity index (χ0) is 14.5. The van der Waals surface area contributed by atoms with Crippen LogP contribution in [-0.2, 0) is 11.2 Å². The second-order valence-electron chi connectivity index (χ2n) is 5.28. The van der Waals surface area contributed by atoms with Gasteiger partial charge in [-0.2, -0.15) is 0 Å². The lowest BCUT2D eigenvalue weighted by Gasteiger charge is -2.33.